The van der Waals surface area contributed by atoms with Crippen LogP contribution in [0.25, 0.3) is 10.9 Å². The first-order chi connectivity index (χ1) is 21.0. The standard InChI is InChI=1S/C33H38N4O6S/c1-22-18-37(23(2)21-38)33(40)28-17-25(34-32(39)16-24-19-35(3)29-13-9-8-12-27(24)29)14-15-30(28)43-31(22)20-36(4)44(41,42)26-10-6-5-7-11-26/h5-15,17,19,22-23,31,38H,16,18,20-21H2,1-4H3,(H,34,39)/t22-,23+,31-/m0/s1. The van der Waals surface area contributed by atoms with Crippen molar-refractivity contribution < 1.29 is 27.9 Å². The molecule has 44 heavy (non-hydrogen) atoms. The number of hydrogen-bond acceptors (Lipinski definition) is 6. The number of likely N-dealkylation sites (N-methyl/N-ethyl adjacent to an activating group) is 1. The number of anilines is 1. The molecule has 11 heteroatoms. The van der Waals surface area contributed by atoms with Crippen LogP contribution in [-0.2, 0) is 28.3 Å². The van der Waals surface area contributed by atoms with Crippen LogP contribution in [0.15, 0.2) is 83.9 Å². The fourth-order valence-corrected chi connectivity index (χ4v) is 6.79. The predicted octanol–water partition coefficient (Wildman–Crippen LogP) is 3.90. The molecule has 0 saturated heterocycles. The van der Waals surface area contributed by atoms with Crippen LogP contribution in [-0.4, -0.2) is 78.0 Å². The molecule has 232 valence electrons. The van der Waals surface area contributed by atoms with Gasteiger partial charge in [-0.2, -0.15) is 4.31 Å². The predicted molar refractivity (Wildman–Crippen MR) is 169 cm³/mol. The van der Waals surface area contributed by atoms with Crippen LogP contribution in [0.3, 0.4) is 0 Å². The summed E-state index contributed by atoms with van der Waals surface area (Å²) in [4.78, 5) is 28.7. The average molecular weight is 619 g/mol. The van der Waals surface area contributed by atoms with Crippen molar-refractivity contribution >= 4 is 38.4 Å². The number of para-hydroxylation sites is 1. The first-order valence-electron chi connectivity index (χ1n) is 14.6. The summed E-state index contributed by atoms with van der Waals surface area (Å²) in [7, 11) is -0.337. The molecule has 3 aromatic carbocycles. The Labute approximate surface area is 257 Å². The van der Waals surface area contributed by atoms with Gasteiger partial charge in [-0.3, -0.25) is 9.59 Å². The highest BCUT2D eigenvalue weighted by atomic mass is 32.2. The minimum Gasteiger partial charge on any atom is -0.488 e. The van der Waals surface area contributed by atoms with Crippen molar-refractivity contribution in [2.45, 2.75) is 37.3 Å². The second-order valence-corrected chi connectivity index (χ2v) is 13.5. The lowest BCUT2D eigenvalue weighted by molar-refractivity contribution is -0.115. The maximum atomic E-state index is 13.8. The molecular formula is C33H38N4O6S. The van der Waals surface area contributed by atoms with Gasteiger partial charge in [-0.05, 0) is 48.9 Å². The Balaban J connectivity index is 1.41. The fourth-order valence-electron chi connectivity index (χ4n) is 5.59. The zero-order valence-corrected chi connectivity index (χ0v) is 26.1. The number of hydrogen-bond donors (Lipinski definition) is 2. The number of ether oxygens (including phenoxy) is 1. The number of amides is 2. The van der Waals surface area contributed by atoms with Crippen molar-refractivity contribution in [3.63, 3.8) is 0 Å². The molecule has 2 N–H and O–H groups in total. The van der Waals surface area contributed by atoms with E-state index in [9.17, 15) is 23.1 Å². The summed E-state index contributed by atoms with van der Waals surface area (Å²) in [5.41, 5.74) is 2.57. The topological polar surface area (TPSA) is 121 Å². The molecule has 2 amide bonds. The molecule has 0 unspecified atom stereocenters. The van der Waals surface area contributed by atoms with Gasteiger partial charge in [0, 0.05) is 49.3 Å². The monoisotopic (exact) mass is 618 g/mol. The van der Waals surface area contributed by atoms with Gasteiger partial charge in [0.25, 0.3) is 5.91 Å². The molecule has 1 aliphatic heterocycles. The van der Waals surface area contributed by atoms with Crippen molar-refractivity contribution in [3.05, 3.63) is 90.1 Å². The highest BCUT2D eigenvalue weighted by Crippen LogP contribution is 2.31. The number of aromatic nitrogens is 1. The molecule has 3 atom stereocenters. The zero-order chi connectivity index (χ0) is 31.6. The lowest BCUT2D eigenvalue weighted by atomic mass is 9.99. The van der Waals surface area contributed by atoms with Crippen LogP contribution in [0.5, 0.6) is 5.75 Å². The molecule has 4 aromatic rings. The number of sulfonamides is 1. The van der Waals surface area contributed by atoms with Crippen molar-refractivity contribution in [3.8, 4) is 5.75 Å². The van der Waals surface area contributed by atoms with E-state index in [0.717, 1.165) is 16.5 Å². The largest absolute Gasteiger partial charge is 0.488 e. The van der Waals surface area contributed by atoms with E-state index in [1.165, 1.54) is 11.4 Å². The van der Waals surface area contributed by atoms with E-state index in [4.69, 9.17) is 4.74 Å². The molecule has 10 nitrogen and oxygen atoms in total. The normalized spacial score (nSPS) is 18.0. The van der Waals surface area contributed by atoms with Gasteiger partial charge in [0.1, 0.15) is 11.9 Å². The first-order valence-corrected chi connectivity index (χ1v) is 16.0. The first kappa shape index (κ1) is 31.2. The molecule has 2 heterocycles. The summed E-state index contributed by atoms with van der Waals surface area (Å²) in [6, 6.07) is 20.4. The molecule has 0 saturated carbocycles. The van der Waals surface area contributed by atoms with Crippen molar-refractivity contribution in [2.75, 3.05) is 32.1 Å². The van der Waals surface area contributed by atoms with E-state index in [0.29, 0.717) is 5.69 Å². The van der Waals surface area contributed by atoms with Crippen LogP contribution >= 0.6 is 0 Å². The highest BCUT2D eigenvalue weighted by molar-refractivity contribution is 7.89. The van der Waals surface area contributed by atoms with E-state index in [1.54, 1.807) is 60.4 Å². The summed E-state index contributed by atoms with van der Waals surface area (Å²) in [6.07, 6.45) is 1.48. The quantitative estimate of drug-likeness (QED) is 0.294. The summed E-state index contributed by atoms with van der Waals surface area (Å²) in [5, 5.41) is 13.9. The Morgan fingerprint density at radius 1 is 1.11 bits per heavy atom. The second-order valence-electron chi connectivity index (χ2n) is 11.4. The lowest BCUT2D eigenvalue weighted by Crippen LogP contribution is -2.50. The zero-order valence-electron chi connectivity index (χ0n) is 25.3. The Bertz CT molecular complexity index is 1770. The Hall–Kier alpha value is -4.19. The summed E-state index contributed by atoms with van der Waals surface area (Å²) in [6.45, 7) is 3.68. The molecule has 0 bridgehead atoms. The summed E-state index contributed by atoms with van der Waals surface area (Å²) in [5.74, 6) is -0.573. The highest BCUT2D eigenvalue weighted by Gasteiger charge is 2.35. The molecule has 0 fully saturated rings. The number of aryl methyl sites for hydroxylation is 1. The van der Waals surface area contributed by atoms with Gasteiger partial charge in [0.15, 0.2) is 0 Å². The van der Waals surface area contributed by atoms with E-state index in [-0.39, 0.29) is 60.1 Å². The number of fused-ring (bicyclic) bond motifs is 2. The number of aliphatic hydroxyl groups is 1. The fraction of sp³-hybridized carbons (Fsp3) is 0.333. The number of benzene rings is 3. The average Bonchev–Trinajstić information content (AvgIpc) is 3.33. The maximum Gasteiger partial charge on any atom is 0.258 e. The Morgan fingerprint density at radius 3 is 2.55 bits per heavy atom. The number of carbonyl (C=O) groups excluding carboxylic acids is 2. The molecule has 1 aromatic heterocycles. The maximum absolute atomic E-state index is 13.8. The van der Waals surface area contributed by atoms with E-state index in [1.807, 2.05) is 49.0 Å². The molecule has 0 spiro atoms. The van der Waals surface area contributed by atoms with Crippen molar-refractivity contribution in [2.24, 2.45) is 13.0 Å². The molecule has 1 aliphatic rings. The number of rotatable bonds is 9. The minimum atomic E-state index is -3.78. The molecular weight excluding hydrogens is 580 g/mol. The number of nitrogens with zero attached hydrogens (tertiary/aromatic N) is 3. The van der Waals surface area contributed by atoms with Crippen LogP contribution in [0.2, 0.25) is 0 Å². The smallest absolute Gasteiger partial charge is 0.258 e. The van der Waals surface area contributed by atoms with Crippen molar-refractivity contribution in [1.29, 1.82) is 0 Å². The minimum absolute atomic E-state index is 0.0386. The SMILES string of the molecule is C[C@H](CO)N1C[C@H](C)[C@H](CN(C)S(=O)(=O)c2ccccc2)Oc2ccc(NC(=O)Cc3cn(C)c4ccccc34)cc2C1=O. The third-order valence-electron chi connectivity index (χ3n) is 8.17. The Morgan fingerprint density at radius 2 is 1.82 bits per heavy atom. The van der Waals surface area contributed by atoms with Gasteiger partial charge in [-0.25, -0.2) is 8.42 Å². The van der Waals surface area contributed by atoms with Gasteiger partial charge >= 0.3 is 0 Å². The van der Waals surface area contributed by atoms with Gasteiger partial charge < -0.3 is 24.6 Å². The molecule has 0 aliphatic carbocycles. The Kier molecular flexibility index (Phi) is 9.10. The third kappa shape index (κ3) is 6.35. The molecule has 0 radical (unpaired) electrons. The third-order valence-corrected chi connectivity index (χ3v) is 10.0. The lowest BCUT2D eigenvalue weighted by Gasteiger charge is -2.38. The number of nitrogens with one attached hydrogen (secondary N) is 1. The van der Waals surface area contributed by atoms with Crippen LogP contribution < -0.4 is 10.1 Å². The van der Waals surface area contributed by atoms with Gasteiger partial charge in [-0.1, -0.05) is 43.3 Å². The summed E-state index contributed by atoms with van der Waals surface area (Å²) < 4.78 is 36.1. The van der Waals surface area contributed by atoms with Crippen LogP contribution in [0, 0.1) is 5.92 Å². The summed E-state index contributed by atoms with van der Waals surface area (Å²) >= 11 is 0. The van der Waals surface area contributed by atoms with E-state index < -0.39 is 22.2 Å². The van der Waals surface area contributed by atoms with Gasteiger partial charge in [0.2, 0.25) is 15.9 Å². The van der Waals surface area contributed by atoms with E-state index in [2.05, 4.69) is 5.32 Å². The second kappa shape index (κ2) is 12.8. The van der Waals surface area contributed by atoms with Crippen LogP contribution in [0.1, 0.15) is 29.8 Å². The number of aliphatic hydroxyl groups excluding tert-OH is 1. The van der Waals surface area contributed by atoms with Crippen LogP contribution in [0.4, 0.5) is 5.69 Å². The van der Waals surface area contributed by atoms with Crippen molar-refractivity contribution in [1.82, 2.24) is 13.8 Å². The number of carbonyl (C=O) groups is 2. The van der Waals surface area contributed by atoms with Gasteiger partial charge in [-0.15, -0.1) is 0 Å². The molecule has 5 rings (SSSR count). The van der Waals surface area contributed by atoms with E-state index >= 15 is 0 Å². The van der Waals surface area contributed by atoms with Gasteiger partial charge in [0.05, 0.1) is 36.1 Å².